The van der Waals surface area contributed by atoms with Crippen molar-refractivity contribution in [2.24, 2.45) is 0 Å². The summed E-state index contributed by atoms with van der Waals surface area (Å²) in [5.74, 6) is -0.590. The van der Waals surface area contributed by atoms with Gasteiger partial charge in [-0.25, -0.2) is 0 Å². The maximum atomic E-state index is 11.6. The van der Waals surface area contributed by atoms with Gasteiger partial charge in [0.15, 0.2) is 0 Å². The number of carbonyl (C=O) groups is 2. The van der Waals surface area contributed by atoms with Crippen LogP contribution >= 0.6 is 49.9 Å². The number of thiophene rings is 1. The topological polar surface area (TPSA) is 55.4 Å². The fourth-order valence-corrected chi connectivity index (χ4v) is 2.60. The Morgan fingerprint density at radius 3 is 2.88 bits per heavy atom. The van der Waals surface area contributed by atoms with Crippen LogP contribution in [0, 0.1) is 2.88 Å². The molecule has 0 saturated heterocycles. The molecule has 16 heavy (non-hydrogen) atoms. The molecule has 0 saturated carbocycles. The second-order valence-corrected chi connectivity index (χ2v) is 6.75. The van der Waals surface area contributed by atoms with E-state index in [-0.39, 0.29) is 12.5 Å². The fraction of sp³-hybridized carbons (Fsp3) is 0.333. The Morgan fingerprint density at radius 1 is 1.69 bits per heavy atom. The first kappa shape index (κ1) is 13.9. The highest BCUT2D eigenvalue weighted by molar-refractivity contribution is 14.1. The van der Waals surface area contributed by atoms with E-state index in [1.54, 1.807) is 11.4 Å². The van der Waals surface area contributed by atoms with Crippen LogP contribution in [0.2, 0.25) is 0 Å². The number of amides is 1. The number of ether oxygens (including phenoxy) is 1. The highest BCUT2D eigenvalue weighted by Gasteiger charge is 2.16. The van der Waals surface area contributed by atoms with E-state index < -0.39 is 10.8 Å². The largest absolute Gasteiger partial charge is 0.468 e. The van der Waals surface area contributed by atoms with Crippen molar-refractivity contribution in [3.8, 4) is 0 Å². The molecule has 0 bridgehead atoms. The van der Waals surface area contributed by atoms with Gasteiger partial charge in [0.05, 0.1) is 15.6 Å². The fourth-order valence-electron chi connectivity index (χ4n) is 0.925. The normalized spacial score (nSPS) is 11.9. The molecule has 1 aromatic rings. The summed E-state index contributed by atoms with van der Waals surface area (Å²) in [6, 6.07) is 1.79. The number of alkyl halides is 1. The van der Waals surface area contributed by atoms with Crippen molar-refractivity contribution >= 4 is 61.7 Å². The van der Waals surface area contributed by atoms with Crippen LogP contribution in [0.15, 0.2) is 11.4 Å². The number of rotatable bonds is 4. The van der Waals surface area contributed by atoms with E-state index in [4.69, 9.17) is 0 Å². The molecule has 88 valence electrons. The van der Waals surface area contributed by atoms with Gasteiger partial charge in [-0.05, 0) is 28.7 Å². The van der Waals surface area contributed by atoms with Crippen LogP contribution in [-0.2, 0) is 9.53 Å². The first-order chi connectivity index (χ1) is 7.54. The molecule has 0 fully saturated rings. The van der Waals surface area contributed by atoms with Gasteiger partial charge in [0.2, 0.25) is 0 Å². The summed E-state index contributed by atoms with van der Waals surface area (Å²) in [6.45, 7) is 0.206. The average Bonchev–Trinajstić information content (AvgIpc) is 2.71. The van der Waals surface area contributed by atoms with Gasteiger partial charge in [0.25, 0.3) is 5.91 Å². The van der Waals surface area contributed by atoms with E-state index in [9.17, 15) is 9.59 Å². The summed E-state index contributed by atoms with van der Waals surface area (Å²) in [6.07, 6.45) is 0. The van der Waals surface area contributed by atoms with Crippen molar-refractivity contribution in [3.05, 3.63) is 19.9 Å². The number of esters is 1. The molecule has 0 radical (unpaired) electrons. The highest BCUT2D eigenvalue weighted by Crippen LogP contribution is 2.16. The number of hydrogen-bond donors (Lipinski definition) is 1. The Hall–Kier alpha value is -0.150. The maximum absolute atomic E-state index is 11.6. The lowest BCUT2D eigenvalue weighted by atomic mass is 10.3. The molecular weight excluding hydrogens is 409 g/mol. The molecule has 7 heteroatoms. The number of methoxy groups -OCH3 is 1. The van der Waals surface area contributed by atoms with Crippen LogP contribution in [0.5, 0.6) is 0 Å². The van der Waals surface area contributed by atoms with E-state index in [1.165, 1.54) is 18.4 Å². The lowest BCUT2D eigenvalue weighted by Crippen LogP contribution is -2.33. The minimum atomic E-state index is -0.515. The molecule has 0 aliphatic carbocycles. The van der Waals surface area contributed by atoms with Gasteiger partial charge in [-0.15, -0.1) is 11.3 Å². The summed E-state index contributed by atoms with van der Waals surface area (Å²) < 4.78 is 5.57. The van der Waals surface area contributed by atoms with E-state index in [0.717, 1.165) is 2.88 Å². The monoisotopic (exact) mass is 417 g/mol. The van der Waals surface area contributed by atoms with Gasteiger partial charge < -0.3 is 10.1 Å². The van der Waals surface area contributed by atoms with Crippen LogP contribution in [0.25, 0.3) is 0 Å². The van der Waals surface area contributed by atoms with Crippen LogP contribution < -0.4 is 5.32 Å². The van der Waals surface area contributed by atoms with Crippen molar-refractivity contribution in [2.45, 2.75) is 4.83 Å². The molecule has 0 aliphatic rings. The molecule has 0 spiro atoms. The van der Waals surface area contributed by atoms with Crippen LogP contribution in [0.4, 0.5) is 0 Å². The number of nitrogens with one attached hydrogen (secondary N) is 1. The van der Waals surface area contributed by atoms with Crippen molar-refractivity contribution in [2.75, 3.05) is 13.7 Å². The third kappa shape index (κ3) is 4.02. The van der Waals surface area contributed by atoms with Gasteiger partial charge in [0, 0.05) is 11.9 Å². The van der Waals surface area contributed by atoms with Crippen molar-refractivity contribution < 1.29 is 14.3 Å². The smallest absolute Gasteiger partial charge is 0.321 e. The molecule has 4 nitrogen and oxygen atoms in total. The third-order valence-corrected chi connectivity index (χ3v) is 4.21. The number of halogens is 2. The summed E-state index contributed by atoms with van der Waals surface area (Å²) >= 11 is 6.77. The van der Waals surface area contributed by atoms with Gasteiger partial charge in [-0.2, -0.15) is 0 Å². The molecule has 1 N–H and O–H groups in total. The molecule has 1 amide bonds. The first-order valence-electron chi connectivity index (χ1n) is 4.28. The highest BCUT2D eigenvalue weighted by atomic mass is 127. The zero-order valence-electron chi connectivity index (χ0n) is 8.33. The molecule has 1 heterocycles. The molecule has 1 rings (SSSR count). The van der Waals surface area contributed by atoms with Gasteiger partial charge >= 0.3 is 5.97 Å². The van der Waals surface area contributed by atoms with E-state index >= 15 is 0 Å². The first-order valence-corrected chi connectivity index (χ1v) is 7.16. The Kier molecular flexibility index (Phi) is 5.70. The SMILES string of the molecule is COC(=O)C(Br)CNC(=O)c1csc(I)c1. The van der Waals surface area contributed by atoms with E-state index in [2.05, 4.69) is 48.6 Å². The van der Waals surface area contributed by atoms with Crippen molar-refractivity contribution in [1.29, 1.82) is 0 Å². The minimum absolute atomic E-state index is 0.187. The number of hydrogen-bond acceptors (Lipinski definition) is 4. The Bertz CT molecular complexity index is 396. The van der Waals surface area contributed by atoms with Gasteiger partial charge in [-0.3, -0.25) is 9.59 Å². The van der Waals surface area contributed by atoms with Crippen molar-refractivity contribution in [3.63, 3.8) is 0 Å². The third-order valence-electron chi connectivity index (χ3n) is 1.73. The molecule has 0 aromatic carbocycles. The summed E-state index contributed by atoms with van der Waals surface area (Å²) in [7, 11) is 1.31. The standard InChI is InChI=1S/C9H9BrINO3S/c1-15-9(14)6(10)3-12-8(13)5-2-7(11)16-4-5/h2,4,6H,3H2,1H3,(H,12,13). The quantitative estimate of drug-likeness (QED) is 0.463. The van der Waals surface area contributed by atoms with Gasteiger partial charge in [0.1, 0.15) is 4.83 Å². The maximum Gasteiger partial charge on any atom is 0.321 e. The Labute approximate surface area is 119 Å². The zero-order chi connectivity index (χ0) is 12.1. The lowest BCUT2D eigenvalue weighted by molar-refractivity contribution is -0.139. The second-order valence-electron chi connectivity index (χ2n) is 2.84. The molecule has 1 aromatic heterocycles. The summed E-state index contributed by atoms with van der Waals surface area (Å²) in [4.78, 5) is 22.1. The summed E-state index contributed by atoms with van der Waals surface area (Å²) in [5.41, 5.74) is 0.610. The van der Waals surface area contributed by atoms with Crippen molar-refractivity contribution in [1.82, 2.24) is 5.32 Å². The lowest BCUT2D eigenvalue weighted by Gasteiger charge is -2.08. The average molecular weight is 418 g/mol. The number of carbonyl (C=O) groups excluding carboxylic acids is 2. The Balaban J connectivity index is 2.44. The zero-order valence-corrected chi connectivity index (χ0v) is 12.9. The van der Waals surface area contributed by atoms with Crippen LogP contribution in [0.3, 0.4) is 0 Å². The summed E-state index contributed by atoms with van der Waals surface area (Å²) in [5, 5.41) is 4.42. The van der Waals surface area contributed by atoms with E-state index in [1.807, 2.05) is 0 Å². The van der Waals surface area contributed by atoms with Gasteiger partial charge in [-0.1, -0.05) is 15.9 Å². The predicted molar refractivity (Wildman–Crippen MR) is 74.1 cm³/mol. The van der Waals surface area contributed by atoms with Crippen LogP contribution in [0.1, 0.15) is 10.4 Å². The predicted octanol–water partition coefficient (Wildman–Crippen LogP) is 2.02. The van der Waals surface area contributed by atoms with E-state index in [0.29, 0.717) is 5.56 Å². The molecule has 0 aliphatic heterocycles. The van der Waals surface area contributed by atoms with Crippen LogP contribution in [-0.4, -0.2) is 30.4 Å². The molecule has 1 unspecified atom stereocenters. The molecular formula is C9H9BrINO3S. The Morgan fingerprint density at radius 2 is 2.38 bits per heavy atom. The minimum Gasteiger partial charge on any atom is -0.468 e. The molecule has 1 atom stereocenters. The second kappa shape index (κ2) is 6.55.